The van der Waals surface area contributed by atoms with Crippen molar-refractivity contribution in [2.24, 2.45) is 0 Å². The average Bonchev–Trinajstić information content (AvgIpc) is 3.06. The molecule has 1 aliphatic rings. The summed E-state index contributed by atoms with van der Waals surface area (Å²) >= 11 is 1.39. The number of hydrogen-bond acceptors (Lipinski definition) is 5. The van der Waals surface area contributed by atoms with Crippen molar-refractivity contribution in [3.8, 4) is 0 Å². The molecular weight excluding hydrogens is 422 g/mol. The Morgan fingerprint density at radius 3 is 2.66 bits per heavy atom. The smallest absolute Gasteiger partial charge is 0.230 e. The monoisotopic (exact) mass is 457 g/mol. The summed E-state index contributed by atoms with van der Waals surface area (Å²) in [6.07, 6.45) is 4.53. The Kier molecular flexibility index (Phi) is 9.14. The molecule has 8 heteroatoms. The van der Waals surface area contributed by atoms with E-state index in [0.29, 0.717) is 37.7 Å². The number of benzene rings is 1. The van der Waals surface area contributed by atoms with Gasteiger partial charge >= 0.3 is 0 Å². The highest BCUT2D eigenvalue weighted by Gasteiger charge is 2.21. The van der Waals surface area contributed by atoms with Crippen molar-refractivity contribution < 1.29 is 9.59 Å². The van der Waals surface area contributed by atoms with Crippen LogP contribution in [0.2, 0.25) is 0 Å². The van der Waals surface area contributed by atoms with Crippen LogP contribution in [-0.4, -0.2) is 50.3 Å². The highest BCUT2D eigenvalue weighted by molar-refractivity contribution is 7.99. The predicted molar refractivity (Wildman–Crippen MR) is 128 cm³/mol. The molecular formula is C24H35N5O2S. The van der Waals surface area contributed by atoms with Gasteiger partial charge in [0.15, 0.2) is 11.0 Å². The number of thioether (sulfide) groups is 1. The maximum Gasteiger partial charge on any atom is 0.230 e. The van der Waals surface area contributed by atoms with E-state index in [1.165, 1.54) is 22.9 Å². The summed E-state index contributed by atoms with van der Waals surface area (Å²) in [6, 6.07) is 8.59. The highest BCUT2D eigenvalue weighted by atomic mass is 32.2. The third kappa shape index (κ3) is 6.82. The fraction of sp³-hybridized carbons (Fsp3) is 0.583. The maximum absolute atomic E-state index is 12.3. The quantitative estimate of drug-likeness (QED) is 0.549. The van der Waals surface area contributed by atoms with Gasteiger partial charge in [0.25, 0.3) is 0 Å². The Balaban J connectivity index is 1.46. The molecule has 0 saturated carbocycles. The summed E-state index contributed by atoms with van der Waals surface area (Å²) in [5.41, 5.74) is 2.55. The van der Waals surface area contributed by atoms with Crippen LogP contribution in [0.3, 0.4) is 0 Å². The number of rotatable bonds is 10. The van der Waals surface area contributed by atoms with Gasteiger partial charge < -0.3 is 14.8 Å². The van der Waals surface area contributed by atoms with Gasteiger partial charge in [0, 0.05) is 26.1 Å². The largest absolute Gasteiger partial charge is 0.355 e. The molecule has 0 bridgehead atoms. The molecule has 1 saturated heterocycles. The summed E-state index contributed by atoms with van der Waals surface area (Å²) in [7, 11) is 0. The Morgan fingerprint density at radius 2 is 1.94 bits per heavy atom. The van der Waals surface area contributed by atoms with E-state index < -0.39 is 0 Å². The van der Waals surface area contributed by atoms with Gasteiger partial charge in [-0.1, -0.05) is 56.3 Å². The molecule has 2 amide bonds. The zero-order valence-electron chi connectivity index (χ0n) is 19.5. The molecule has 2 heterocycles. The van der Waals surface area contributed by atoms with Gasteiger partial charge in [0.2, 0.25) is 11.8 Å². The van der Waals surface area contributed by atoms with Crippen LogP contribution < -0.4 is 5.32 Å². The van der Waals surface area contributed by atoms with E-state index in [4.69, 9.17) is 0 Å². The van der Waals surface area contributed by atoms with E-state index in [1.807, 2.05) is 16.4 Å². The molecule has 0 unspecified atom stereocenters. The van der Waals surface area contributed by atoms with Crippen LogP contribution in [0.5, 0.6) is 0 Å². The van der Waals surface area contributed by atoms with Gasteiger partial charge in [-0.25, -0.2) is 0 Å². The summed E-state index contributed by atoms with van der Waals surface area (Å²) < 4.78 is 2.01. The molecule has 1 N–H and O–H groups in total. The van der Waals surface area contributed by atoms with Gasteiger partial charge in [-0.3, -0.25) is 9.59 Å². The van der Waals surface area contributed by atoms with E-state index >= 15 is 0 Å². The normalized spacial score (nSPS) is 14.6. The number of likely N-dealkylation sites (tertiary alicyclic amines) is 1. The molecule has 1 fully saturated rings. The van der Waals surface area contributed by atoms with Crippen LogP contribution in [0.25, 0.3) is 0 Å². The van der Waals surface area contributed by atoms with Crippen molar-refractivity contribution in [3.05, 3.63) is 41.2 Å². The third-order valence-corrected chi connectivity index (χ3v) is 6.79. The van der Waals surface area contributed by atoms with Crippen molar-refractivity contribution in [2.45, 2.75) is 77.0 Å². The molecule has 0 atom stereocenters. The standard InChI is InChI=1S/C24H35N5O2S/c1-4-29-21(16-28-15-7-5-6-8-23(28)31)26-27-24(29)32-17-22(30)25-14-13-19-9-11-20(12-10-19)18(2)3/h9-12,18H,4-8,13-17H2,1-3H3,(H,25,30). The van der Waals surface area contributed by atoms with Crippen molar-refractivity contribution in [1.29, 1.82) is 0 Å². The maximum atomic E-state index is 12.3. The van der Waals surface area contributed by atoms with Crippen LogP contribution in [0, 0.1) is 0 Å². The van der Waals surface area contributed by atoms with Crippen LogP contribution >= 0.6 is 11.8 Å². The van der Waals surface area contributed by atoms with E-state index in [-0.39, 0.29) is 11.8 Å². The van der Waals surface area contributed by atoms with Gasteiger partial charge in [-0.15, -0.1) is 10.2 Å². The molecule has 0 aliphatic carbocycles. The summed E-state index contributed by atoms with van der Waals surface area (Å²) in [5.74, 6) is 1.80. The number of nitrogens with one attached hydrogen (secondary N) is 1. The number of carbonyl (C=O) groups excluding carboxylic acids is 2. The van der Waals surface area contributed by atoms with Crippen molar-refractivity contribution in [2.75, 3.05) is 18.8 Å². The van der Waals surface area contributed by atoms with Gasteiger partial charge in [-0.2, -0.15) is 0 Å². The summed E-state index contributed by atoms with van der Waals surface area (Å²) in [5, 5.41) is 12.3. The first-order valence-corrected chi connectivity index (χ1v) is 12.6. The number of aromatic nitrogens is 3. The Bertz CT molecular complexity index is 894. The first-order valence-electron chi connectivity index (χ1n) is 11.7. The van der Waals surface area contributed by atoms with E-state index in [9.17, 15) is 9.59 Å². The Labute approximate surface area is 195 Å². The van der Waals surface area contributed by atoms with Gasteiger partial charge in [-0.05, 0) is 43.2 Å². The predicted octanol–water partition coefficient (Wildman–Crippen LogP) is 3.78. The second kappa shape index (κ2) is 12.0. The minimum absolute atomic E-state index is 0.0105. The van der Waals surface area contributed by atoms with Gasteiger partial charge in [0.05, 0.1) is 12.3 Å². The topological polar surface area (TPSA) is 80.1 Å². The van der Waals surface area contributed by atoms with E-state index in [2.05, 4.69) is 53.6 Å². The lowest BCUT2D eigenvalue weighted by Crippen LogP contribution is -2.31. The molecule has 1 aromatic heterocycles. The molecule has 3 rings (SSSR count). The lowest BCUT2D eigenvalue weighted by atomic mass is 10.0. The second-order valence-corrected chi connectivity index (χ2v) is 9.50. The number of hydrogen-bond donors (Lipinski definition) is 1. The summed E-state index contributed by atoms with van der Waals surface area (Å²) in [4.78, 5) is 26.5. The zero-order chi connectivity index (χ0) is 22.9. The molecule has 1 aliphatic heterocycles. The van der Waals surface area contributed by atoms with Crippen LogP contribution in [0.15, 0.2) is 29.4 Å². The Hall–Kier alpha value is -2.35. The lowest BCUT2D eigenvalue weighted by Gasteiger charge is -2.20. The highest BCUT2D eigenvalue weighted by Crippen LogP contribution is 2.20. The Morgan fingerprint density at radius 1 is 1.16 bits per heavy atom. The number of nitrogens with zero attached hydrogens (tertiary/aromatic N) is 4. The zero-order valence-corrected chi connectivity index (χ0v) is 20.3. The third-order valence-electron chi connectivity index (χ3n) is 5.83. The molecule has 0 radical (unpaired) electrons. The first kappa shape index (κ1) is 24.3. The molecule has 0 spiro atoms. The number of carbonyl (C=O) groups is 2. The van der Waals surface area contributed by atoms with Crippen LogP contribution in [-0.2, 0) is 29.1 Å². The minimum Gasteiger partial charge on any atom is -0.355 e. The SMILES string of the molecule is CCn1c(CN2CCCCCC2=O)nnc1SCC(=O)NCCc1ccc(C(C)C)cc1. The lowest BCUT2D eigenvalue weighted by molar-refractivity contribution is -0.131. The van der Waals surface area contributed by atoms with E-state index in [0.717, 1.165) is 43.2 Å². The van der Waals surface area contributed by atoms with Gasteiger partial charge in [0.1, 0.15) is 0 Å². The fourth-order valence-corrected chi connectivity index (χ4v) is 4.68. The van der Waals surface area contributed by atoms with Crippen molar-refractivity contribution in [3.63, 3.8) is 0 Å². The van der Waals surface area contributed by atoms with Crippen molar-refractivity contribution in [1.82, 2.24) is 25.0 Å². The fourth-order valence-electron chi connectivity index (χ4n) is 3.83. The van der Waals surface area contributed by atoms with Crippen LogP contribution in [0.4, 0.5) is 0 Å². The molecule has 1 aromatic carbocycles. The average molecular weight is 458 g/mol. The van der Waals surface area contributed by atoms with Crippen LogP contribution in [0.1, 0.15) is 69.3 Å². The summed E-state index contributed by atoms with van der Waals surface area (Å²) in [6.45, 7) is 8.99. The first-order chi connectivity index (χ1) is 15.5. The van der Waals surface area contributed by atoms with E-state index in [1.54, 1.807) is 0 Å². The molecule has 7 nitrogen and oxygen atoms in total. The molecule has 174 valence electrons. The van der Waals surface area contributed by atoms with Crippen molar-refractivity contribution >= 4 is 23.6 Å². The number of amides is 2. The molecule has 2 aromatic rings. The second-order valence-electron chi connectivity index (χ2n) is 8.55. The molecule has 32 heavy (non-hydrogen) atoms. The minimum atomic E-state index is -0.0105.